The zero-order valence-electron chi connectivity index (χ0n) is 20.1. The van der Waals surface area contributed by atoms with Gasteiger partial charge in [-0.05, 0) is 57.2 Å². The van der Waals surface area contributed by atoms with Gasteiger partial charge < -0.3 is 27.6 Å². The maximum atomic E-state index is 12.3. The summed E-state index contributed by atoms with van der Waals surface area (Å²) in [5.74, 6) is -0.410. The molecule has 0 unspecified atom stereocenters. The minimum Gasteiger partial charge on any atom is -1.00 e. The van der Waals surface area contributed by atoms with Crippen LogP contribution in [0.3, 0.4) is 0 Å². The van der Waals surface area contributed by atoms with Crippen LogP contribution in [0.4, 0.5) is 11.4 Å². The van der Waals surface area contributed by atoms with Crippen LogP contribution in [0.15, 0.2) is 91.0 Å². The lowest BCUT2D eigenvalue weighted by Gasteiger charge is -2.14. The van der Waals surface area contributed by atoms with Crippen molar-refractivity contribution in [2.24, 2.45) is 0 Å². The number of nitrogens with one attached hydrogen (secondary N) is 2. The molecular formula is C29H28BrN3O2. The van der Waals surface area contributed by atoms with Crippen molar-refractivity contribution in [3.8, 4) is 11.3 Å². The van der Waals surface area contributed by atoms with Crippen molar-refractivity contribution < 1.29 is 31.1 Å². The molecule has 4 aromatic rings. The maximum Gasteiger partial charge on any atom is 0.250 e. The molecule has 0 atom stereocenters. The summed E-state index contributed by atoms with van der Waals surface area (Å²) in [6, 6.07) is 22.1. The molecule has 2 amide bonds. The monoisotopic (exact) mass is 529 g/mol. The highest BCUT2D eigenvalue weighted by atomic mass is 79.9. The Balaban J connectivity index is 0.00000342. The number of hydrogen-bond acceptors (Lipinski definition) is 2. The molecule has 1 aromatic heterocycles. The summed E-state index contributed by atoms with van der Waals surface area (Å²) >= 11 is 0. The Morgan fingerprint density at radius 1 is 0.771 bits per heavy atom. The van der Waals surface area contributed by atoms with E-state index in [1.54, 1.807) is 13.8 Å². The summed E-state index contributed by atoms with van der Waals surface area (Å²) in [4.78, 5) is 24.5. The number of amides is 2. The molecule has 4 rings (SSSR count). The van der Waals surface area contributed by atoms with Gasteiger partial charge in [-0.1, -0.05) is 37.4 Å². The summed E-state index contributed by atoms with van der Waals surface area (Å²) in [6.45, 7) is 13.7. The van der Waals surface area contributed by atoms with Crippen LogP contribution >= 0.6 is 0 Å². The second-order valence-corrected chi connectivity index (χ2v) is 8.42. The van der Waals surface area contributed by atoms with Crippen molar-refractivity contribution in [3.05, 3.63) is 91.0 Å². The zero-order chi connectivity index (χ0) is 24.4. The van der Waals surface area contributed by atoms with E-state index in [9.17, 15) is 9.59 Å². The van der Waals surface area contributed by atoms with E-state index in [-0.39, 0.29) is 28.8 Å². The number of nitrogens with zero attached hydrogens (tertiary/aromatic N) is 1. The molecule has 0 spiro atoms. The van der Waals surface area contributed by atoms with Crippen molar-refractivity contribution in [1.82, 2.24) is 0 Å². The molecule has 0 aliphatic carbocycles. The van der Waals surface area contributed by atoms with Crippen LogP contribution in [0.1, 0.15) is 20.8 Å². The third kappa shape index (κ3) is 5.17. The largest absolute Gasteiger partial charge is 1.00 e. The number of anilines is 2. The van der Waals surface area contributed by atoms with Gasteiger partial charge in [0.1, 0.15) is 6.54 Å². The quantitative estimate of drug-likeness (QED) is 0.229. The highest BCUT2D eigenvalue weighted by Gasteiger charge is 2.23. The fourth-order valence-electron chi connectivity index (χ4n) is 4.09. The van der Waals surface area contributed by atoms with Crippen LogP contribution in [-0.4, -0.2) is 11.8 Å². The van der Waals surface area contributed by atoms with Crippen LogP contribution in [0.25, 0.3) is 32.9 Å². The van der Waals surface area contributed by atoms with Gasteiger partial charge in [0, 0.05) is 39.5 Å². The fraction of sp³-hybridized carbons (Fsp3) is 0.138. The minimum atomic E-state index is -0.206. The van der Waals surface area contributed by atoms with E-state index in [1.165, 1.54) is 0 Å². The van der Waals surface area contributed by atoms with Gasteiger partial charge in [0.25, 0.3) is 11.8 Å². The lowest BCUT2D eigenvalue weighted by atomic mass is 9.98. The van der Waals surface area contributed by atoms with Gasteiger partial charge in [-0.2, -0.15) is 4.57 Å². The van der Waals surface area contributed by atoms with Crippen molar-refractivity contribution in [3.63, 3.8) is 0 Å². The third-order valence-electron chi connectivity index (χ3n) is 5.78. The van der Waals surface area contributed by atoms with E-state index in [4.69, 9.17) is 0 Å². The molecule has 1 heterocycles. The number of benzene rings is 3. The van der Waals surface area contributed by atoms with Crippen molar-refractivity contribution in [2.75, 3.05) is 10.6 Å². The molecule has 5 nitrogen and oxygen atoms in total. The Morgan fingerprint density at radius 3 is 1.86 bits per heavy atom. The van der Waals surface area contributed by atoms with Gasteiger partial charge in [0.05, 0.1) is 10.8 Å². The summed E-state index contributed by atoms with van der Waals surface area (Å²) < 4.78 is 2.24. The van der Waals surface area contributed by atoms with Gasteiger partial charge in [-0.25, -0.2) is 0 Å². The van der Waals surface area contributed by atoms with E-state index in [0.29, 0.717) is 22.5 Å². The van der Waals surface area contributed by atoms with Gasteiger partial charge in [0.2, 0.25) is 11.2 Å². The number of hydrogen-bond donors (Lipinski definition) is 2. The number of fused-ring (bicyclic) bond motifs is 3. The predicted molar refractivity (Wildman–Crippen MR) is 140 cm³/mol. The lowest BCUT2D eigenvalue weighted by molar-refractivity contribution is -0.655. The Bertz CT molecular complexity index is 1480. The fourth-order valence-corrected chi connectivity index (χ4v) is 4.09. The molecule has 0 aliphatic heterocycles. The van der Waals surface area contributed by atoms with Gasteiger partial charge >= 0.3 is 0 Å². The number of aryl methyl sites for hydroxylation is 1. The number of rotatable bonds is 6. The molecule has 0 bridgehead atoms. The number of pyridine rings is 1. The molecule has 0 aliphatic rings. The molecule has 6 heteroatoms. The topological polar surface area (TPSA) is 62.1 Å². The summed E-state index contributed by atoms with van der Waals surface area (Å²) in [5.41, 5.74) is 5.45. The zero-order valence-corrected chi connectivity index (χ0v) is 21.7. The average Bonchev–Trinajstić information content (AvgIpc) is 2.83. The second-order valence-electron chi connectivity index (χ2n) is 8.42. The van der Waals surface area contributed by atoms with E-state index in [1.807, 2.05) is 54.6 Å². The Morgan fingerprint density at radius 2 is 1.31 bits per heavy atom. The Kier molecular flexibility index (Phi) is 7.87. The second kappa shape index (κ2) is 10.7. The van der Waals surface area contributed by atoms with E-state index >= 15 is 0 Å². The molecule has 0 fully saturated rings. The van der Waals surface area contributed by atoms with E-state index < -0.39 is 0 Å². The third-order valence-corrected chi connectivity index (χ3v) is 5.78. The van der Waals surface area contributed by atoms with Gasteiger partial charge in [-0.15, -0.1) is 0 Å². The highest BCUT2D eigenvalue weighted by molar-refractivity contribution is 6.12. The molecule has 0 saturated carbocycles. The normalized spacial score (nSPS) is 10.5. The van der Waals surface area contributed by atoms with Crippen LogP contribution in [-0.2, 0) is 16.1 Å². The number of aromatic nitrogens is 1. The first-order valence-electron chi connectivity index (χ1n) is 11.2. The highest BCUT2D eigenvalue weighted by Crippen LogP contribution is 2.34. The molecule has 178 valence electrons. The van der Waals surface area contributed by atoms with Crippen molar-refractivity contribution >= 4 is 44.9 Å². The van der Waals surface area contributed by atoms with Crippen LogP contribution in [0, 0.1) is 0 Å². The number of carbonyl (C=O) groups is 2. The smallest absolute Gasteiger partial charge is 0.250 e. The summed E-state index contributed by atoms with van der Waals surface area (Å²) in [5, 5.41) is 9.01. The molecule has 2 N–H and O–H groups in total. The van der Waals surface area contributed by atoms with Gasteiger partial charge in [0.15, 0.2) is 0 Å². The minimum absolute atomic E-state index is 0. The molecule has 3 aromatic carbocycles. The van der Waals surface area contributed by atoms with Gasteiger partial charge in [-0.3, -0.25) is 9.59 Å². The first-order valence-corrected chi connectivity index (χ1v) is 11.2. The number of halogens is 1. The molecule has 35 heavy (non-hydrogen) atoms. The maximum absolute atomic E-state index is 12.3. The van der Waals surface area contributed by atoms with E-state index in [2.05, 4.69) is 47.4 Å². The van der Waals surface area contributed by atoms with Crippen LogP contribution in [0.2, 0.25) is 0 Å². The van der Waals surface area contributed by atoms with Crippen LogP contribution < -0.4 is 32.2 Å². The average molecular weight is 530 g/mol. The predicted octanol–water partition coefficient (Wildman–Crippen LogP) is 3.00. The first kappa shape index (κ1) is 25.8. The molecule has 0 saturated heterocycles. The first-order chi connectivity index (χ1) is 16.3. The lowest BCUT2D eigenvalue weighted by Crippen LogP contribution is -3.00. The van der Waals surface area contributed by atoms with Crippen LogP contribution in [0.5, 0.6) is 0 Å². The molecule has 0 radical (unpaired) electrons. The summed E-state index contributed by atoms with van der Waals surface area (Å²) in [6.07, 6.45) is 0. The van der Waals surface area contributed by atoms with Crippen molar-refractivity contribution in [2.45, 2.75) is 27.3 Å². The SMILES string of the molecule is C=C(C)C(=O)Nc1ccc2c(c1)c(-c1ccccc1)[n+](CC)c1cc(NC(=O)C(=C)C)ccc21.[Br-]. The van der Waals surface area contributed by atoms with E-state index in [0.717, 1.165) is 39.5 Å². The Hall–Kier alpha value is -3.77. The Labute approximate surface area is 215 Å². The number of carbonyl (C=O) groups excluding carboxylic acids is 2. The van der Waals surface area contributed by atoms with Crippen molar-refractivity contribution in [1.29, 1.82) is 0 Å². The summed E-state index contributed by atoms with van der Waals surface area (Å²) in [7, 11) is 0. The standard InChI is InChI=1S/C29H27N3O2.BrH/c1-6-32-26-17-22(31-29(34)19(4)5)13-15-24(26)23-14-12-21(30-28(33)18(2)3)16-25(23)27(32)20-10-8-7-9-11-20;/h7-17H,2,4,6H2,1,3,5H3,(H,30,33);1H. The molecular weight excluding hydrogens is 502 g/mol.